The minimum absolute atomic E-state index is 0.0527. The van der Waals surface area contributed by atoms with Crippen LogP contribution in [0.4, 0.5) is 13.2 Å². The lowest BCUT2D eigenvalue weighted by atomic mass is 9.92. The van der Waals surface area contributed by atoms with Gasteiger partial charge in [0.1, 0.15) is 22.7 Å². The van der Waals surface area contributed by atoms with Gasteiger partial charge in [-0.1, -0.05) is 23.8 Å². The molecule has 0 saturated carbocycles. The van der Waals surface area contributed by atoms with Crippen molar-refractivity contribution in [2.24, 2.45) is 0 Å². The Morgan fingerprint density at radius 1 is 0.564 bits per heavy atom. The Labute approximate surface area is 327 Å². The number of allylic oxidation sites excluding steroid dienone is 2. The first-order chi connectivity index (χ1) is 25.9. The molecule has 13 heteroatoms. The van der Waals surface area contributed by atoms with Crippen molar-refractivity contribution in [3.05, 3.63) is 103 Å². The Morgan fingerprint density at radius 3 is 1.49 bits per heavy atom. The predicted octanol–water partition coefficient (Wildman–Crippen LogP) is 11.6. The molecule has 0 radical (unpaired) electrons. The second kappa shape index (κ2) is 11.1. The van der Waals surface area contributed by atoms with Crippen molar-refractivity contribution in [2.75, 3.05) is 0 Å². The largest absolute Gasteiger partial charge is 0.481 e. The Morgan fingerprint density at radius 2 is 1.02 bits per heavy atom. The van der Waals surface area contributed by atoms with Gasteiger partial charge in [0, 0.05) is 43.2 Å². The van der Waals surface area contributed by atoms with Crippen LogP contribution in [0.2, 0.25) is 0 Å². The summed E-state index contributed by atoms with van der Waals surface area (Å²) in [4.78, 5) is 57.1. The molecule has 0 atom stereocenters. The van der Waals surface area contributed by atoms with Gasteiger partial charge in [-0.2, -0.15) is 13.2 Å². The van der Waals surface area contributed by atoms with Crippen LogP contribution in [0.15, 0.2) is 48.5 Å². The molecule has 4 aromatic heterocycles. The first-order valence-corrected chi connectivity index (χ1v) is 20.4. The number of carbonyl (C=O) groups excluding carboxylic acids is 4. The van der Waals surface area contributed by atoms with Crippen molar-refractivity contribution in [3.8, 4) is 31.0 Å². The number of carbonyl (C=O) groups is 4. The molecule has 0 amide bonds. The van der Waals surface area contributed by atoms with E-state index in [4.69, 9.17) is 9.47 Å². The predicted molar refractivity (Wildman–Crippen MR) is 211 cm³/mol. The second-order valence-electron chi connectivity index (χ2n) is 14.9. The number of thiophene rings is 4. The Hall–Kier alpha value is -4.95. The van der Waals surface area contributed by atoms with Gasteiger partial charge in [0.15, 0.2) is 0 Å². The molecule has 2 aliphatic carbocycles. The third-order valence-corrected chi connectivity index (χ3v) is 15.4. The Kier molecular flexibility index (Phi) is 6.96. The summed E-state index contributed by atoms with van der Waals surface area (Å²) in [6.07, 6.45) is -1.30. The molecule has 2 aliphatic heterocycles. The highest BCUT2D eigenvalue weighted by molar-refractivity contribution is 7.34. The summed E-state index contributed by atoms with van der Waals surface area (Å²) in [5, 5.41) is 0. The van der Waals surface area contributed by atoms with Crippen LogP contribution in [-0.4, -0.2) is 23.1 Å². The van der Waals surface area contributed by atoms with E-state index in [0.717, 1.165) is 62.6 Å². The molecule has 6 nitrogen and oxygen atoms in total. The molecule has 4 aliphatic rings. The van der Waals surface area contributed by atoms with Gasteiger partial charge in [0.05, 0.1) is 34.5 Å². The Bertz CT molecular complexity index is 2900. The van der Waals surface area contributed by atoms with Gasteiger partial charge in [0.25, 0.3) is 0 Å². The van der Waals surface area contributed by atoms with Crippen molar-refractivity contribution in [1.82, 2.24) is 0 Å². The number of fused-ring (bicyclic) bond motifs is 11. The molecule has 0 unspecified atom stereocenters. The number of benzene rings is 2. The van der Waals surface area contributed by atoms with E-state index in [1.54, 1.807) is 40.9 Å². The fourth-order valence-electron chi connectivity index (χ4n) is 7.92. The Balaban J connectivity index is 1.07. The van der Waals surface area contributed by atoms with Gasteiger partial charge in [-0.25, -0.2) is 0 Å². The number of halogens is 3. The SMILES string of the molecule is Cc1ccc2c(c1)C(=O)C(=O)/C2=C\c1cc2c(s1)-c1sc3c4c(sc3c1C(C)(C)O2)-c1sc(/C=C2\C(=O)C(=O)c3cc(C(F)(F)F)ccc32)cc1OC4(C)C. The number of alkyl halides is 3. The average Bonchev–Trinajstić information content (AvgIpc) is 3.93. The fourth-order valence-corrected chi connectivity index (χ4v) is 13.7. The lowest BCUT2D eigenvalue weighted by Crippen LogP contribution is -2.27. The maximum Gasteiger partial charge on any atom is 0.416 e. The number of rotatable bonds is 2. The maximum atomic E-state index is 13.4. The first-order valence-electron chi connectivity index (χ1n) is 17.1. The molecule has 0 spiro atoms. The van der Waals surface area contributed by atoms with Crippen LogP contribution in [0.1, 0.15) is 91.5 Å². The zero-order valence-corrected chi connectivity index (χ0v) is 32.8. The van der Waals surface area contributed by atoms with E-state index < -0.39 is 46.1 Å². The van der Waals surface area contributed by atoms with Crippen LogP contribution in [0, 0.1) is 6.92 Å². The average molecular weight is 811 g/mol. The van der Waals surface area contributed by atoms with Crippen molar-refractivity contribution in [2.45, 2.75) is 52.0 Å². The van der Waals surface area contributed by atoms with Gasteiger partial charge >= 0.3 is 6.18 Å². The number of ketones is 4. The monoisotopic (exact) mass is 810 g/mol. The molecule has 10 rings (SSSR count). The summed E-state index contributed by atoms with van der Waals surface area (Å²) in [6.45, 7) is 9.97. The van der Waals surface area contributed by atoms with E-state index >= 15 is 0 Å². The van der Waals surface area contributed by atoms with Crippen molar-refractivity contribution >= 4 is 101 Å². The van der Waals surface area contributed by atoms with Crippen LogP contribution >= 0.6 is 45.3 Å². The van der Waals surface area contributed by atoms with E-state index in [0.29, 0.717) is 33.1 Å². The highest BCUT2D eigenvalue weighted by Gasteiger charge is 2.45. The van der Waals surface area contributed by atoms with Crippen molar-refractivity contribution in [3.63, 3.8) is 0 Å². The minimum atomic E-state index is -4.65. The molecule has 6 aromatic rings. The molecule has 6 heterocycles. The smallest absolute Gasteiger partial charge is 0.416 e. The third kappa shape index (κ3) is 4.89. The van der Waals surface area contributed by atoms with Crippen molar-refractivity contribution in [1.29, 1.82) is 0 Å². The lowest BCUT2D eigenvalue weighted by molar-refractivity contribution is -0.137. The van der Waals surface area contributed by atoms with Crippen molar-refractivity contribution < 1.29 is 41.8 Å². The first kappa shape index (κ1) is 34.5. The van der Waals surface area contributed by atoms with E-state index in [2.05, 4.69) is 0 Å². The topological polar surface area (TPSA) is 86.7 Å². The van der Waals surface area contributed by atoms with Gasteiger partial charge in [0.2, 0.25) is 23.1 Å². The van der Waals surface area contributed by atoms with Crippen LogP contribution in [0.25, 0.3) is 52.2 Å². The second-order valence-corrected chi connectivity index (χ2v) is 19.1. The molecule has 274 valence electrons. The van der Waals surface area contributed by atoms with Crippen LogP contribution in [0.5, 0.6) is 11.5 Å². The fraction of sp³-hybridized carbons (Fsp3) is 0.190. The van der Waals surface area contributed by atoms with Gasteiger partial charge in [-0.3, -0.25) is 19.2 Å². The molecule has 0 saturated heterocycles. The molecule has 0 bridgehead atoms. The number of Topliss-reactive ketones (excluding diaryl/α,β-unsaturated/α-hetero) is 4. The maximum absolute atomic E-state index is 13.4. The summed E-state index contributed by atoms with van der Waals surface area (Å²) in [7, 11) is 0. The van der Waals surface area contributed by atoms with E-state index in [9.17, 15) is 32.3 Å². The minimum Gasteiger partial charge on any atom is -0.481 e. The van der Waals surface area contributed by atoms with E-state index in [1.807, 2.05) is 58.9 Å². The number of ether oxygens (including phenoxy) is 2. The van der Waals surface area contributed by atoms with Gasteiger partial charge in [-0.05, 0) is 88.2 Å². The van der Waals surface area contributed by atoms with Gasteiger partial charge < -0.3 is 9.47 Å². The molecule has 0 fully saturated rings. The number of aryl methyl sites for hydroxylation is 1. The molecule has 2 aromatic carbocycles. The lowest BCUT2D eigenvalue weighted by Gasteiger charge is -2.31. The zero-order chi connectivity index (χ0) is 38.7. The van der Waals surface area contributed by atoms with Crippen LogP contribution in [0.3, 0.4) is 0 Å². The standard InChI is InChI=1S/C42H25F3O6S4/c1-16-6-8-20-22(10-16)30(46)32(48)24(20)12-18-14-26-34(52-18)36-28(40(2,3)50-26)38-39(54-36)29-37(55-38)35-27(51-41(29,4)5)15-19(53-35)13-25-21-9-7-17(42(43,44)45)11-23(21)31(47)33(25)49/h6-15H,1-5H3/b24-12-,25-13-. The third-order valence-electron chi connectivity index (χ3n) is 10.4. The quantitative estimate of drug-likeness (QED) is 0.128. The highest BCUT2D eigenvalue weighted by atomic mass is 32.1. The summed E-state index contributed by atoms with van der Waals surface area (Å²) in [5.41, 5.74) is 1.97. The molecular formula is C42H25F3O6S4. The molecule has 0 N–H and O–H groups in total. The molecular weight excluding hydrogens is 786 g/mol. The van der Waals surface area contributed by atoms with E-state index in [-0.39, 0.29) is 16.7 Å². The summed E-state index contributed by atoms with van der Waals surface area (Å²) in [5.74, 6) is -1.48. The normalized spacial score (nSPS) is 19.0. The van der Waals surface area contributed by atoms with E-state index in [1.165, 1.54) is 28.7 Å². The van der Waals surface area contributed by atoms with Crippen LogP contribution in [-0.2, 0) is 27.0 Å². The number of hydrogen-bond donors (Lipinski definition) is 0. The highest BCUT2D eigenvalue weighted by Crippen LogP contribution is 2.63. The number of hydrogen-bond acceptors (Lipinski definition) is 10. The van der Waals surface area contributed by atoms with Crippen LogP contribution < -0.4 is 9.47 Å². The summed E-state index contributed by atoms with van der Waals surface area (Å²) >= 11 is 6.22. The summed E-state index contributed by atoms with van der Waals surface area (Å²) in [6, 6.07) is 12.0. The zero-order valence-electron chi connectivity index (χ0n) is 29.5. The van der Waals surface area contributed by atoms with Gasteiger partial charge in [-0.15, -0.1) is 45.3 Å². The summed E-state index contributed by atoms with van der Waals surface area (Å²) < 4.78 is 55.6. The molecule has 55 heavy (non-hydrogen) atoms.